The summed E-state index contributed by atoms with van der Waals surface area (Å²) < 4.78 is 12.6. The first-order valence-corrected chi connectivity index (χ1v) is 14.5. The molecule has 0 aromatic heterocycles. The second-order valence-corrected chi connectivity index (χ2v) is 11.4. The zero-order valence-corrected chi connectivity index (χ0v) is 24.1. The van der Waals surface area contributed by atoms with E-state index in [0.29, 0.717) is 21.8 Å². The summed E-state index contributed by atoms with van der Waals surface area (Å²) in [6, 6.07) is 16.1. The van der Waals surface area contributed by atoms with Gasteiger partial charge in [-0.05, 0) is 48.6 Å². The number of esters is 1. The molecule has 1 fully saturated rings. The lowest BCUT2D eigenvalue weighted by atomic mass is 9.88. The van der Waals surface area contributed by atoms with Crippen molar-refractivity contribution in [2.45, 2.75) is 67.7 Å². The minimum atomic E-state index is -0.718. The first-order valence-electron chi connectivity index (χ1n) is 12.9. The van der Waals surface area contributed by atoms with Crippen molar-refractivity contribution in [1.82, 2.24) is 4.90 Å². The second-order valence-electron chi connectivity index (χ2n) is 9.35. The standard InChI is InChI=1S/C30H33ClINO4/c1-3-8-25(30(35)36-4-2)33-27(21-13-15-23(31)16-14-21)28(22-9-6-5-7-10-22)37-26(29(33)34)19-20-11-17-24(32)18-12-20/h5-7,9-17,24-28H,3-4,8,18-19H2,1-2H3/t24?,25-,26+,27-,28+/m1/s1. The Labute approximate surface area is 238 Å². The van der Waals surface area contributed by atoms with Gasteiger partial charge in [-0.25, -0.2) is 4.79 Å². The third-order valence-corrected chi connectivity index (χ3v) is 7.94. The highest BCUT2D eigenvalue weighted by molar-refractivity contribution is 14.1. The van der Waals surface area contributed by atoms with Crippen molar-refractivity contribution in [2.75, 3.05) is 6.61 Å². The quantitative estimate of drug-likeness (QED) is 0.167. The zero-order chi connectivity index (χ0) is 26.4. The smallest absolute Gasteiger partial charge is 0.328 e. The second kappa shape index (κ2) is 13.1. The summed E-state index contributed by atoms with van der Waals surface area (Å²) >= 11 is 8.62. The van der Waals surface area contributed by atoms with Crippen LogP contribution in [0.1, 0.15) is 62.8 Å². The van der Waals surface area contributed by atoms with Gasteiger partial charge in [0.1, 0.15) is 18.2 Å². The van der Waals surface area contributed by atoms with E-state index in [-0.39, 0.29) is 18.5 Å². The van der Waals surface area contributed by atoms with Gasteiger partial charge in [0.15, 0.2) is 0 Å². The highest BCUT2D eigenvalue weighted by atomic mass is 127. The van der Waals surface area contributed by atoms with Crippen molar-refractivity contribution in [3.05, 3.63) is 94.5 Å². The number of carbonyl (C=O) groups is 2. The molecule has 4 rings (SSSR count). The Morgan fingerprint density at radius 3 is 2.49 bits per heavy atom. The molecule has 2 aromatic rings. The first-order chi connectivity index (χ1) is 17.9. The number of carbonyl (C=O) groups excluding carboxylic acids is 2. The molecule has 0 radical (unpaired) electrons. The van der Waals surface area contributed by atoms with E-state index >= 15 is 0 Å². The van der Waals surface area contributed by atoms with E-state index in [2.05, 4.69) is 40.8 Å². The van der Waals surface area contributed by atoms with Crippen LogP contribution in [0.2, 0.25) is 5.02 Å². The van der Waals surface area contributed by atoms with E-state index in [4.69, 9.17) is 21.1 Å². The molecule has 2 aromatic carbocycles. The molecule has 1 saturated heterocycles. The monoisotopic (exact) mass is 633 g/mol. The Bertz CT molecular complexity index is 1130. The normalized spacial score (nSPS) is 24.5. The number of rotatable bonds is 9. The molecule has 1 aliphatic heterocycles. The Morgan fingerprint density at radius 2 is 1.86 bits per heavy atom. The summed E-state index contributed by atoms with van der Waals surface area (Å²) in [5.41, 5.74) is 2.88. The Kier molecular flexibility index (Phi) is 9.84. The Morgan fingerprint density at radius 1 is 1.14 bits per heavy atom. The van der Waals surface area contributed by atoms with Crippen LogP contribution in [0, 0.1) is 0 Å². The molecule has 5 atom stereocenters. The summed E-state index contributed by atoms with van der Waals surface area (Å²) in [5, 5.41) is 0.604. The third kappa shape index (κ3) is 6.65. The number of halogens is 2. The lowest BCUT2D eigenvalue weighted by molar-refractivity contribution is -0.186. The molecule has 5 nitrogen and oxygen atoms in total. The van der Waals surface area contributed by atoms with Gasteiger partial charge in [-0.3, -0.25) is 4.79 Å². The van der Waals surface area contributed by atoms with Gasteiger partial charge in [0.25, 0.3) is 5.91 Å². The minimum absolute atomic E-state index is 0.190. The van der Waals surface area contributed by atoms with Crippen LogP contribution in [0.5, 0.6) is 0 Å². The summed E-state index contributed by atoms with van der Waals surface area (Å²) in [6.07, 6.45) is 7.84. The van der Waals surface area contributed by atoms with Gasteiger partial charge in [-0.2, -0.15) is 0 Å². The van der Waals surface area contributed by atoms with Gasteiger partial charge in [0.2, 0.25) is 0 Å². The topological polar surface area (TPSA) is 55.8 Å². The fourth-order valence-corrected chi connectivity index (χ4v) is 5.61. The molecule has 37 heavy (non-hydrogen) atoms. The van der Waals surface area contributed by atoms with Crippen LogP contribution in [0.4, 0.5) is 0 Å². The van der Waals surface area contributed by atoms with Gasteiger partial charge in [0.05, 0.1) is 12.6 Å². The fraction of sp³-hybridized carbons (Fsp3) is 0.400. The van der Waals surface area contributed by atoms with Gasteiger partial charge in [-0.1, -0.05) is 108 Å². The number of alkyl halides is 1. The third-order valence-electron chi connectivity index (χ3n) is 6.77. The summed E-state index contributed by atoms with van der Waals surface area (Å²) in [7, 11) is 0. The summed E-state index contributed by atoms with van der Waals surface area (Å²) in [5.74, 6) is -0.571. The number of hydrogen-bond acceptors (Lipinski definition) is 4. The number of morpholine rings is 1. The molecule has 196 valence electrons. The van der Waals surface area contributed by atoms with Crippen molar-refractivity contribution in [1.29, 1.82) is 0 Å². The van der Waals surface area contributed by atoms with Crippen LogP contribution in [-0.2, 0) is 19.1 Å². The average Bonchev–Trinajstić information content (AvgIpc) is 2.91. The molecular formula is C30H33ClINO4. The maximum absolute atomic E-state index is 14.2. The van der Waals surface area contributed by atoms with E-state index < -0.39 is 24.3 Å². The largest absolute Gasteiger partial charge is 0.464 e. The predicted octanol–water partition coefficient (Wildman–Crippen LogP) is 7.16. The molecule has 0 saturated carbocycles. The molecule has 1 amide bonds. The molecule has 0 spiro atoms. The van der Waals surface area contributed by atoms with Gasteiger partial charge >= 0.3 is 5.97 Å². The molecule has 1 unspecified atom stereocenters. The van der Waals surface area contributed by atoms with Crippen molar-refractivity contribution >= 4 is 46.1 Å². The van der Waals surface area contributed by atoms with E-state index in [1.165, 1.54) is 0 Å². The van der Waals surface area contributed by atoms with Crippen LogP contribution in [-0.4, -0.2) is 39.5 Å². The van der Waals surface area contributed by atoms with Crippen LogP contribution < -0.4 is 0 Å². The van der Waals surface area contributed by atoms with Crippen LogP contribution >= 0.6 is 34.2 Å². The molecule has 7 heteroatoms. The van der Waals surface area contributed by atoms with Crippen molar-refractivity contribution < 1.29 is 19.1 Å². The number of amides is 1. The number of ether oxygens (including phenoxy) is 2. The van der Waals surface area contributed by atoms with Crippen LogP contribution in [0.3, 0.4) is 0 Å². The molecule has 2 aliphatic rings. The highest BCUT2D eigenvalue weighted by Gasteiger charge is 2.48. The van der Waals surface area contributed by atoms with E-state index in [1.54, 1.807) is 11.8 Å². The SMILES string of the molecule is CCC[C@H](C(=O)OCC)N1C(=O)[C@H](CC2=CCC(I)C=C2)O[C@@H](c2ccccc2)[C@H]1c1ccc(Cl)cc1. The maximum Gasteiger partial charge on any atom is 0.328 e. The number of allylic oxidation sites excluding steroid dienone is 3. The summed E-state index contributed by atoms with van der Waals surface area (Å²) in [6.45, 7) is 4.05. The molecule has 1 heterocycles. The fourth-order valence-electron chi connectivity index (χ4n) is 5.03. The molecule has 0 N–H and O–H groups in total. The Balaban J connectivity index is 1.82. The summed E-state index contributed by atoms with van der Waals surface area (Å²) in [4.78, 5) is 29.3. The van der Waals surface area contributed by atoms with E-state index in [1.807, 2.05) is 61.5 Å². The average molecular weight is 634 g/mol. The molecular weight excluding hydrogens is 601 g/mol. The van der Waals surface area contributed by atoms with Crippen LogP contribution in [0.15, 0.2) is 78.4 Å². The lowest BCUT2D eigenvalue weighted by Crippen LogP contribution is -2.57. The van der Waals surface area contributed by atoms with Gasteiger partial charge < -0.3 is 14.4 Å². The van der Waals surface area contributed by atoms with E-state index in [0.717, 1.165) is 29.5 Å². The molecule has 1 aliphatic carbocycles. The minimum Gasteiger partial charge on any atom is -0.464 e. The highest BCUT2D eigenvalue weighted by Crippen LogP contribution is 2.45. The zero-order valence-electron chi connectivity index (χ0n) is 21.2. The van der Waals surface area contributed by atoms with E-state index in [9.17, 15) is 9.59 Å². The Hall–Kier alpha value is -2.16. The number of benzene rings is 2. The van der Waals surface area contributed by atoms with Crippen LogP contribution in [0.25, 0.3) is 0 Å². The lowest BCUT2D eigenvalue weighted by Gasteiger charge is -2.47. The number of hydrogen-bond donors (Lipinski definition) is 0. The van der Waals surface area contributed by atoms with Gasteiger partial charge in [0, 0.05) is 15.4 Å². The van der Waals surface area contributed by atoms with Crippen molar-refractivity contribution in [3.63, 3.8) is 0 Å². The first kappa shape index (κ1) is 27.9. The maximum atomic E-state index is 14.2. The predicted molar refractivity (Wildman–Crippen MR) is 155 cm³/mol. The van der Waals surface area contributed by atoms with Gasteiger partial charge in [-0.15, -0.1) is 0 Å². The van der Waals surface area contributed by atoms with Crippen molar-refractivity contribution in [3.8, 4) is 0 Å². The molecule has 0 bridgehead atoms. The van der Waals surface area contributed by atoms with Crippen molar-refractivity contribution in [2.24, 2.45) is 0 Å². The number of nitrogens with zero attached hydrogens (tertiary/aromatic N) is 1.